The second-order valence-corrected chi connectivity index (χ2v) is 7.48. The van der Waals surface area contributed by atoms with Crippen molar-refractivity contribution in [1.82, 2.24) is 0 Å². The van der Waals surface area contributed by atoms with E-state index in [2.05, 4.69) is 4.74 Å². The summed E-state index contributed by atoms with van der Waals surface area (Å²) in [5, 5.41) is 11.5. The maximum atomic E-state index is 13.1. The van der Waals surface area contributed by atoms with Gasteiger partial charge in [-0.15, -0.1) is 0 Å². The minimum Gasteiger partial charge on any atom is -0.468 e. The van der Waals surface area contributed by atoms with Crippen molar-refractivity contribution >= 4 is 39.0 Å². The van der Waals surface area contributed by atoms with Crippen molar-refractivity contribution in [1.29, 1.82) is 0 Å². The zero-order chi connectivity index (χ0) is 19.5. The molecule has 0 spiro atoms. The van der Waals surface area contributed by atoms with Crippen LogP contribution < -0.4 is 4.31 Å². The average Bonchev–Trinajstić information content (AvgIpc) is 2.61. The first-order valence-corrected chi connectivity index (χ1v) is 9.09. The number of carbonyl (C=O) groups excluding carboxylic acids is 1. The van der Waals surface area contributed by atoms with Gasteiger partial charge in [0, 0.05) is 11.1 Å². The number of aryl methyl sites for hydroxylation is 1. The first kappa shape index (κ1) is 19.7. The maximum absolute atomic E-state index is 13.1. The molecule has 0 unspecified atom stereocenters. The van der Waals surface area contributed by atoms with Crippen molar-refractivity contribution < 1.29 is 22.9 Å². The van der Waals surface area contributed by atoms with E-state index in [4.69, 9.17) is 11.6 Å². The summed E-state index contributed by atoms with van der Waals surface area (Å²) < 4.78 is 31.4. The molecule has 10 heteroatoms. The molecule has 2 aromatic carbocycles. The molecular formula is C16H15ClN2O6S. The monoisotopic (exact) mass is 398 g/mol. The number of para-hydroxylation sites is 1. The van der Waals surface area contributed by atoms with Crippen LogP contribution in [0.4, 0.5) is 11.4 Å². The van der Waals surface area contributed by atoms with Gasteiger partial charge in [-0.2, -0.15) is 0 Å². The van der Waals surface area contributed by atoms with Crippen molar-refractivity contribution in [3.8, 4) is 0 Å². The molecule has 0 aliphatic carbocycles. The Labute approximate surface area is 155 Å². The van der Waals surface area contributed by atoms with Gasteiger partial charge in [0.1, 0.15) is 6.54 Å². The Bertz CT molecular complexity index is 961. The minimum absolute atomic E-state index is 0.0872. The lowest BCUT2D eigenvalue weighted by Gasteiger charge is -2.23. The van der Waals surface area contributed by atoms with Crippen LogP contribution in [0.15, 0.2) is 47.4 Å². The van der Waals surface area contributed by atoms with Crippen LogP contribution in [0.1, 0.15) is 5.56 Å². The molecule has 8 nitrogen and oxygen atoms in total. The fraction of sp³-hybridized carbons (Fsp3) is 0.188. The zero-order valence-corrected chi connectivity index (χ0v) is 15.5. The molecular weight excluding hydrogens is 384 g/mol. The lowest BCUT2D eigenvalue weighted by atomic mass is 10.2. The van der Waals surface area contributed by atoms with Gasteiger partial charge in [0.05, 0.1) is 17.7 Å². The molecule has 0 aliphatic rings. The predicted molar refractivity (Wildman–Crippen MR) is 95.8 cm³/mol. The number of halogens is 1. The van der Waals surface area contributed by atoms with Crippen LogP contribution in [-0.2, 0) is 19.6 Å². The van der Waals surface area contributed by atoms with E-state index in [1.165, 1.54) is 24.3 Å². The lowest BCUT2D eigenvalue weighted by Crippen LogP contribution is -2.36. The smallest absolute Gasteiger partial charge is 0.326 e. The molecule has 0 fully saturated rings. The van der Waals surface area contributed by atoms with Crippen molar-refractivity contribution in [2.24, 2.45) is 0 Å². The Hall–Kier alpha value is -2.65. The molecule has 2 rings (SSSR count). The number of benzene rings is 2. The fourth-order valence-electron chi connectivity index (χ4n) is 2.18. The van der Waals surface area contributed by atoms with E-state index in [1.807, 2.05) is 0 Å². The summed E-state index contributed by atoms with van der Waals surface area (Å²) in [7, 11) is -3.32. The van der Waals surface area contributed by atoms with Crippen molar-refractivity contribution in [2.45, 2.75) is 11.8 Å². The number of rotatable bonds is 6. The molecule has 0 atom stereocenters. The molecule has 0 N–H and O–H groups in total. The van der Waals surface area contributed by atoms with E-state index in [-0.39, 0.29) is 10.7 Å². The molecule has 0 aromatic heterocycles. The van der Waals surface area contributed by atoms with Crippen molar-refractivity contribution in [3.05, 3.63) is 63.2 Å². The molecule has 0 aliphatic heterocycles. The molecule has 138 valence electrons. The number of hydrogen-bond acceptors (Lipinski definition) is 6. The molecule has 0 saturated carbocycles. The lowest BCUT2D eigenvalue weighted by molar-refractivity contribution is -0.387. The second kappa shape index (κ2) is 7.71. The highest BCUT2D eigenvalue weighted by atomic mass is 35.5. The molecule has 0 amide bonds. The number of esters is 1. The Morgan fingerprint density at radius 1 is 1.27 bits per heavy atom. The number of sulfonamides is 1. The average molecular weight is 399 g/mol. The summed E-state index contributed by atoms with van der Waals surface area (Å²) in [6.45, 7) is 1.07. The van der Waals surface area contributed by atoms with Gasteiger partial charge < -0.3 is 4.74 Å². The Morgan fingerprint density at radius 3 is 2.50 bits per heavy atom. The third kappa shape index (κ3) is 3.94. The van der Waals surface area contributed by atoms with Gasteiger partial charge in [-0.25, -0.2) is 8.42 Å². The van der Waals surface area contributed by atoms with Gasteiger partial charge in [-0.05, 0) is 30.7 Å². The summed E-state index contributed by atoms with van der Waals surface area (Å²) in [4.78, 5) is 21.6. The van der Waals surface area contributed by atoms with Gasteiger partial charge in [-0.3, -0.25) is 19.2 Å². The van der Waals surface area contributed by atoms with Gasteiger partial charge in [-0.1, -0.05) is 29.8 Å². The highest BCUT2D eigenvalue weighted by molar-refractivity contribution is 7.93. The van der Waals surface area contributed by atoms with E-state index < -0.39 is 38.0 Å². The topological polar surface area (TPSA) is 107 Å². The van der Waals surface area contributed by atoms with E-state index in [0.717, 1.165) is 23.5 Å². The number of ether oxygens (including phenoxy) is 1. The number of anilines is 1. The second-order valence-electron chi connectivity index (χ2n) is 5.25. The highest BCUT2D eigenvalue weighted by Gasteiger charge is 2.33. The standard InChI is InChI=1S/C16H15ClN2O6S/c1-11-7-8-12(9-13(11)17)18(10-16(20)25-2)26(23,24)15-6-4-3-5-14(15)19(21)22/h3-9H,10H2,1-2H3. The molecule has 26 heavy (non-hydrogen) atoms. The fourth-order valence-corrected chi connectivity index (χ4v) is 3.91. The van der Waals surface area contributed by atoms with Crippen LogP contribution >= 0.6 is 11.6 Å². The van der Waals surface area contributed by atoms with E-state index in [1.54, 1.807) is 13.0 Å². The summed E-state index contributed by atoms with van der Waals surface area (Å²) in [6, 6.07) is 9.29. The number of hydrogen-bond donors (Lipinski definition) is 0. The number of nitro groups is 1. The Kier molecular flexibility index (Phi) is 5.83. The van der Waals surface area contributed by atoms with Crippen LogP contribution in [0.3, 0.4) is 0 Å². The molecule has 0 saturated heterocycles. The Balaban J connectivity index is 2.66. The summed E-state index contributed by atoms with van der Waals surface area (Å²) in [5.41, 5.74) is 0.196. The van der Waals surface area contributed by atoms with Crippen LogP contribution in [0, 0.1) is 17.0 Å². The SMILES string of the molecule is COC(=O)CN(c1ccc(C)c(Cl)c1)S(=O)(=O)c1ccccc1[N+](=O)[O-]. The van der Waals surface area contributed by atoms with E-state index in [0.29, 0.717) is 5.56 Å². The van der Waals surface area contributed by atoms with Crippen molar-refractivity contribution in [3.63, 3.8) is 0 Å². The van der Waals surface area contributed by atoms with Gasteiger partial charge in [0.25, 0.3) is 15.7 Å². The van der Waals surface area contributed by atoms with Gasteiger partial charge in [0.15, 0.2) is 4.90 Å². The number of nitrogens with zero attached hydrogens (tertiary/aromatic N) is 2. The van der Waals surface area contributed by atoms with E-state index >= 15 is 0 Å². The summed E-state index contributed by atoms with van der Waals surface area (Å²) in [6.07, 6.45) is 0. The number of methoxy groups -OCH3 is 1. The molecule has 2 aromatic rings. The maximum Gasteiger partial charge on any atom is 0.326 e. The molecule has 0 bridgehead atoms. The van der Waals surface area contributed by atoms with Crippen molar-refractivity contribution in [2.75, 3.05) is 18.0 Å². The van der Waals surface area contributed by atoms with Crippen LogP contribution in [-0.4, -0.2) is 33.0 Å². The third-order valence-electron chi connectivity index (χ3n) is 3.57. The first-order valence-electron chi connectivity index (χ1n) is 7.27. The van der Waals surface area contributed by atoms with Gasteiger partial charge >= 0.3 is 5.97 Å². The Morgan fingerprint density at radius 2 is 1.92 bits per heavy atom. The molecule has 0 radical (unpaired) electrons. The quantitative estimate of drug-likeness (QED) is 0.420. The van der Waals surface area contributed by atoms with Crippen LogP contribution in [0.5, 0.6) is 0 Å². The summed E-state index contributed by atoms with van der Waals surface area (Å²) in [5.74, 6) is -0.830. The largest absolute Gasteiger partial charge is 0.468 e. The first-order chi connectivity index (χ1) is 12.2. The number of carbonyl (C=O) groups is 1. The normalized spacial score (nSPS) is 11.0. The number of nitro benzene ring substituents is 1. The minimum atomic E-state index is -4.43. The molecule has 0 heterocycles. The predicted octanol–water partition coefficient (Wildman–Crippen LogP) is 2.92. The van der Waals surface area contributed by atoms with Crippen LogP contribution in [0.25, 0.3) is 0 Å². The highest BCUT2D eigenvalue weighted by Crippen LogP contribution is 2.31. The van der Waals surface area contributed by atoms with E-state index in [9.17, 15) is 23.3 Å². The van der Waals surface area contributed by atoms with Gasteiger partial charge in [0.2, 0.25) is 0 Å². The zero-order valence-electron chi connectivity index (χ0n) is 13.9. The van der Waals surface area contributed by atoms with Crippen LogP contribution in [0.2, 0.25) is 5.02 Å². The summed E-state index contributed by atoms with van der Waals surface area (Å²) >= 11 is 6.06. The third-order valence-corrected chi connectivity index (χ3v) is 5.80.